The zero-order valence-electron chi connectivity index (χ0n) is 12.2. The van der Waals surface area contributed by atoms with Crippen LogP contribution in [0.3, 0.4) is 0 Å². The second kappa shape index (κ2) is 5.84. The summed E-state index contributed by atoms with van der Waals surface area (Å²) in [6, 6.07) is 13.0. The van der Waals surface area contributed by atoms with Crippen molar-refractivity contribution in [3.8, 4) is 0 Å². The highest BCUT2D eigenvalue weighted by Crippen LogP contribution is 2.22. The number of fused-ring (bicyclic) bond motifs is 1. The summed E-state index contributed by atoms with van der Waals surface area (Å²) in [5.41, 5.74) is 1.74. The Bertz CT molecular complexity index is 790. The molecule has 2 aromatic rings. The van der Waals surface area contributed by atoms with Gasteiger partial charge in [0.1, 0.15) is 0 Å². The SMILES string of the molecule is COC(=O)c1ccc(/C=N\N2C(=O)c3ccccc3C2=O)cc1. The molecule has 0 aliphatic carbocycles. The van der Waals surface area contributed by atoms with Gasteiger partial charge in [-0.2, -0.15) is 10.1 Å². The summed E-state index contributed by atoms with van der Waals surface area (Å²) in [4.78, 5) is 35.6. The molecular weight excluding hydrogens is 296 g/mol. The van der Waals surface area contributed by atoms with E-state index >= 15 is 0 Å². The van der Waals surface area contributed by atoms with Gasteiger partial charge >= 0.3 is 5.97 Å². The predicted octanol–water partition coefficient (Wildman–Crippen LogP) is 2.10. The normalized spacial score (nSPS) is 13.5. The fourth-order valence-electron chi connectivity index (χ4n) is 2.23. The van der Waals surface area contributed by atoms with Crippen LogP contribution >= 0.6 is 0 Å². The van der Waals surface area contributed by atoms with Crippen LogP contribution in [0.1, 0.15) is 36.6 Å². The molecule has 3 rings (SSSR count). The molecule has 1 heterocycles. The second-order valence-corrected chi connectivity index (χ2v) is 4.83. The van der Waals surface area contributed by atoms with E-state index < -0.39 is 17.8 Å². The molecule has 2 aromatic carbocycles. The molecule has 6 heteroatoms. The number of amides is 2. The summed E-state index contributed by atoms with van der Waals surface area (Å²) in [6.45, 7) is 0. The number of nitrogens with zero attached hydrogens (tertiary/aromatic N) is 2. The van der Waals surface area contributed by atoms with Crippen LogP contribution in [0.5, 0.6) is 0 Å². The average Bonchev–Trinajstić information content (AvgIpc) is 2.84. The summed E-state index contributed by atoms with van der Waals surface area (Å²) in [7, 11) is 1.31. The van der Waals surface area contributed by atoms with Gasteiger partial charge in [-0.25, -0.2) is 4.79 Å². The van der Waals surface area contributed by atoms with E-state index in [9.17, 15) is 14.4 Å². The molecule has 0 unspecified atom stereocenters. The smallest absolute Gasteiger partial charge is 0.337 e. The Labute approximate surface area is 132 Å². The van der Waals surface area contributed by atoms with Gasteiger partial charge in [-0.3, -0.25) is 9.59 Å². The average molecular weight is 308 g/mol. The Morgan fingerprint density at radius 2 is 1.57 bits per heavy atom. The summed E-state index contributed by atoms with van der Waals surface area (Å²) in [6.07, 6.45) is 1.39. The summed E-state index contributed by atoms with van der Waals surface area (Å²) in [5.74, 6) is -1.34. The molecular formula is C17H12N2O4. The minimum atomic E-state index is -0.451. The van der Waals surface area contributed by atoms with Gasteiger partial charge in [0.15, 0.2) is 0 Å². The Balaban J connectivity index is 1.80. The largest absolute Gasteiger partial charge is 0.465 e. The highest BCUT2D eigenvalue weighted by atomic mass is 16.5. The van der Waals surface area contributed by atoms with Crippen molar-refractivity contribution in [3.63, 3.8) is 0 Å². The molecule has 0 atom stereocenters. The van der Waals surface area contributed by atoms with Crippen molar-refractivity contribution < 1.29 is 19.1 Å². The van der Waals surface area contributed by atoms with Crippen LogP contribution in [-0.4, -0.2) is 36.1 Å². The third-order valence-electron chi connectivity index (χ3n) is 3.43. The van der Waals surface area contributed by atoms with Crippen molar-refractivity contribution in [2.24, 2.45) is 5.10 Å². The van der Waals surface area contributed by atoms with Crippen LogP contribution in [0.25, 0.3) is 0 Å². The van der Waals surface area contributed by atoms with Crippen molar-refractivity contribution in [2.75, 3.05) is 7.11 Å². The van der Waals surface area contributed by atoms with Crippen LogP contribution in [0.2, 0.25) is 0 Å². The number of hydrogen-bond donors (Lipinski definition) is 0. The first-order chi connectivity index (χ1) is 11.1. The number of esters is 1. The number of carbonyl (C=O) groups is 3. The van der Waals surface area contributed by atoms with Gasteiger partial charge in [0.25, 0.3) is 11.8 Å². The first-order valence-electron chi connectivity index (χ1n) is 6.82. The van der Waals surface area contributed by atoms with Crippen molar-refractivity contribution in [1.82, 2.24) is 5.01 Å². The third-order valence-corrected chi connectivity index (χ3v) is 3.43. The quantitative estimate of drug-likeness (QED) is 0.494. The van der Waals surface area contributed by atoms with E-state index in [0.29, 0.717) is 22.3 Å². The standard InChI is InChI=1S/C17H12N2O4/c1-23-17(22)12-8-6-11(7-9-12)10-18-19-15(20)13-4-2-3-5-14(13)16(19)21/h2-10H,1H3/b18-10-. The fourth-order valence-corrected chi connectivity index (χ4v) is 2.23. The Morgan fingerprint density at radius 1 is 1.00 bits per heavy atom. The molecule has 6 nitrogen and oxygen atoms in total. The van der Waals surface area contributed by atoms with E-state index in [-0.39, 0.29) is 0 Å². The molecule has 1 aliphatic heterocycles. The molecule has 0 fully saturated rings. The molecule has 2 amide bonds. The maximum absolute atomic E-state index is 12.1. The molecule has 23 heavy (non-hydrogen) atoms. The number of carbonyl (C=O) groups excluding carboxylic acids is 3. The number of rotatable bonds is 3. The van der Waals surface area contributed by atoms with Crippen LogP contribution < -0.4 is 0 Å². The first kappa shape index (κ1) is 14.6. The minimum absolute atomic E-state index is 0.343. The molecule has 114 valence electrons. The molecule has 0 aromatic heterocycles. The van der Waals surface area contributed by atoms with Crippen molar-refractivity contribution >= 4 is 24.0 Å². The van der Waals surface area contributed by atoms with E-state index in [1.54, 1.807) is 48.5 Å². The Hall–Kier alpha value is -3.28. The number of hydrazone groups is 1. The van der Waals surface area contributed by atoms with Crippen molar-refractivity contribution in [1.29, 1.82) is 0 Å². The monoisotopic (exact) mass is 308 g/mol. The maximum atomic E-state index is 12.1. The summed E-state index contributed by atoms with van der Waals surface area (Å²) < 4.78 is 4.61. The van der Waals surface area contributed by atoms with E-state index in [2.05, 4.69) is 9.84 Å². The van der Waals surface area contributed by atoms with Gasteiger partial charge in [-0.05, 0) is 29.8 Å². The lowest BCUT2D eigenvalue weighted by Gasteiger charge is -2.05. The van der Waals surface area contributed by atoms with Crippen LogP contribution in [0.15, 0.2) is 53.6 Å². The molecule has 0 radical (unpaired) electrons. The second-order valence-electron chi connectivity index (χ2n) is 4.83. The third kappa shape index (κ3) is 2.62. The van der Waals surface area contributed by atoms with Gasteiger partial charge in [-0.15, -0.1) is 0 Å². The molecule has 0 saturated carbocycles. The molecule has 0 spiro atoms. The van der Waals surface area contributed by atoms with Crippen LogP contribution in [0, 0.1) is 0 Å². The highest BCUT2D eigenvalue weighted by Gasteiger charge is 2.35. The number of methoxy groups -OCH3 is 1. The Morgan fingerprint density at radius 3 is 2.09 bits per heavy atom. The molecule has 0 N–H and O–H groups in total. The van der Waals surface area contributed by atoms with Gasteiger partial charge < -0.3 is 4.74 Å². The number of imide groups is 1. The lowest BCUT2D eigenvalue weighted by atomic mass is 10.1. The van der Waals surface area contributed by atoms with Gasteiger partial charge in [-0.1, -0.05) is 24.3 Å². The zero-order chi connectivity index (χ0) is 16.4. The number of ether oxygens (including phenoxy) is 1. The zero-order valence-corrected chi connectivity index (χ0v) is 12.2. The van der Waals surface area contributed by atoms with Crippen LogP contribution in [0.4, 0.5) is 0 Å². The van der Waals surface area contributed by atoms with Crippen molar-refractivity contribution in [2.45, 2.75) is 0 Å². The number of benzene rings is 2. The fraction of sp³-hybridized carbons (Fsp3) is 0.0588. The minimum Gasteiger partial charge on any atom is -0.465 e. The number of hydrogen-bond acceptors (Lipinski definition) is 5. The molecule has 0 saturated heterocycles. The molecule has 0 bridgehead atoms. The van der Waals surface area contributed by atoms with Crippen LogP contribution in [-0.2, 0) is 4.74 Å². The topological polar surface area (TPSA) is 76.0 Å². The van der Waals surface area contributed by atoms with Gasteiger partial charge in [0, 0.05) is 0 Å². The van der Waals surface area contributed by atoms with E-state index in [1.165, 1.54) is 13.3 Å². The van der Waals surface area contributed by atoms with E-state index in [0.717, 1.165) is 5.01 Å². The summed E-state index contributed by atoms with van der Waals surface area (Å²) >= 11 is 0. The van der Waals surface area contributed by atoms with E-state index in [4.69, 9.17) is 0 Å². The molecule has 1 aliphatic rings. The van der Waals surface area contributed by atoms with E-state index in [1.807, 2.05) is 0 Å². The Kier molecular flexibility index (Phi) is 3.72. The highest BCUT2D eigenvalue weighted by molar-refractivity contribution is 6.21. The lowest BCUT2D eigenvalue weighted by molar-refractivity contribution is 0.0598. The summed E-state index contributed by atoms with van der Waals surface area (Å²) in [5, 5.41) is 4.79. The lowest BCUT2D eigenvalue weighted by Crippen LogP contribution is -2.23. The maximum Gasteiger partial charge on any atom is 0.337 e. The predicted molar refractivity (Wildman–Crippen MR) is 82.3 cm³/mol. The first-order valence-corrected chi connectivity index (χ1v) is 6.82. The van der Waals surface area contributed by atoms with Crippen molar-refractivity contribution in [3.05, 3.63) is 70.8 Å². The van der Waals surface area contributed by atoms with Gasteiger partial charge in [0.2, 0.25) is 0 Å². The van der Waals surface area contributed by atoms with Gasteiger partial charge in [0.05, 0.1) is 30.0 Å².